The zero-order valence-corrected chi connectivity index (χ0v) is 18.1. The Morgan fingerprint density at radius 3 is 1.15 bits per heavy atom. The first-order valence-corrected chi connectivity index (χ1v) is 11.7. The Morgan fingerprint density at radius 1 is 0.615 bits per heavy atom. The standard InChI is InChI=1S/C22H44ClNO2/c1-2-3-4-5-6-7-8-9-10-11-12-13-14-15-16-17-18-19-20-21-22(25)24(23)26/h26H,2-21H2,1H3. The molecular weight excluding hydrogens is 346 g/mol. The predicted molar refractivity (Wildman–Crippen MR) is 112 cm³/mol. The van der Waals surface area contributed by atoms with Gasteiger partial charge >= 0.3 is 0 Å². The Bertz CT molecular complexity index is 298. The van der Waals surface area contributed by atoms with Crippen molar-refractivity contribution in [2.45, 2.75) is 135 Å². The SMILES string of the molecule is CCCCCCCCCCCCCCCCCCCCCC(=O)N(O)Cl. The highest BCUT2D eigenvalue weighted by molar-refractivity contribution is 6.19. The highest BCUT2D eigenvalue weighted by atomic mass is 35.5. The minimum atomic E-state index is -0.404. The minimum Gasteiger partial charge on any atom is -0.271 e. The lowest BCUT2D eigenvalue weighted by molar-refractivity contribution is -0.146. The van der Waals surface area contributed by atoms with E-state index in [9.17, 15) is 4.79 Å². The molecule has 0 spiro atoms. The van der Waals surface area contributed by atoms with Crippen LogP contribution >= 0.6 is 11.8 Å². The number of unbranched alkanes of at least 4 members (excludes halogenated alkanes) is 18. The van der Waals surface area contributed by atoms with Crippen molar-refractivity contribution in [3.05, 3.63) is 0 Å². The predicted octanol–water partition coefficient (Wildman–Crippen LogP) is 8.18. The van der Waals surface area contributed by atoms with Gasteiger partial charge in [0.05, 0.1) is 0 Å². The Hall–Kier alpha value is -0.280. The molecule has 3 nitrogen and oxygen atoms in total. The van der Waals surface area contributed by atoms with Crippen molar-refractivity contribution in [2.75, 3.05) is 0 Å². The van der Waals surface area contributed by atoms with Crippen LogP contribution in [0.25, 0.3) is 0 Å². The van der Waals surface area contributed by atoms with Gasteiger partial charge in [0.15, 0.2) is 0 Å². The maximum absolute atomic E-state index is 11.1. The summed E-state index contributed by atoms with van der Waals surface area (Å²) < 4.78 is 0.175. The molecule has 156 valence electrons. The van der Waals surface area contributed by atoms with E-state index in [0.29, 0.717) is 6.42 Å². The molecule has 0 bridgehead atoms. The van der Waals surface area contributed by atoms with E-state index in [1.807, 2.05) is 0 Å². The van der Waals surface area contributed by atoms with Crippen molar-refractivity contribution in [3.8, 4) is 0 Å². The van der Waals surface area contributed by atoms with Crippen molar-refractivity contribution >= 4 is 17.7 Å². The number of carbonyl (C=O) groups is 1. The molecule has 26 heavy (non-hydrogen) atoms. The van der Waals surface area contributed by atoms with Gasteiger partial charge in [-0.3, -0.25) is 10.0 Å². The molecule has 0 unspecified atom stereocenters. The van der Waals surface area contributed by atoms with E-state index in [2.05, 4.69) is 6.92 Å². The van der Waals surface area contributed by atoms with E-state index in [4.69, 9.17) is 17.0 Å². The second-order valence-corrected chi connectivity index (χ2v) is 8.09. The van der Waals surface area contributed by atoms with Crippen LogP contribution in [0.2, 0.25) is 0 Å². The van der Waals surface area contributed by atoms with Crippen LogP contribution < -0.4 is 0 Å². The number of halogens is 1. The first-order chi connectivity index (χ1) is 12.7. The van der Waals surface area contributed by atoms with E-state index in [1.54, 1.807) is 0 Å². The Labute approximate surface area is 167 Å². The Morgan fingerprint density at radius 2 is 0.885 bits per heavy atom. The number of hydroxylamine groups is 1. The molecule has 0 atom stereocenters. The highest BCUT2D eigenvalue weighted by Gasteiger charge is 2.06. The van der Waals surface area contributed by atoms with E-state index in [1.165, 1.54) is 109 Å². The van der Waals surface area contributed by atoms with E-state index < -0.39 is 5.91 Å². The number of rotatable bonds is 20. The quantitative estimate of drug-likeness (QED) is 0.0986. The van der Waals surface area contributed by atoms with E-state index in [-0.39, 0.29) is 4.58 Å². The molecule has 1 N–H and O–H groups in total. The van der Waals surface area contributed by atoms with Crippen LogP contribution in [0.5, 0.6) is 0 Å². The molecule has 0 fully saturated rings. The first-order valence-electron chi connectivity index (χ1n) is 11.4. The molecule has 0 heterocycles. The van der Waals surface area contributed by atoms with Gasteiger partial charge < -0.3 is 0 Å². The van der Waals surface area contributed by atoms with Gasteiger partial charge in [0.1, 0.15) is 0 Å². The van der Waals surface area contributed by atoms with Crippen molar-refractivity contribution < 1.29 is 10.0 Å². The summed E-state index contributed by atoms with van der Waals surface area (Å²) in [4.78, 5) is 11.1. The molecule has 0 aromatic rings. The Balaban J connectivity index is 3.04. The molecule has 1 amide bonds. The highest BCUT2D eigenvalue weighted by Crippen LogP contribution is 2.15. The average molecular weight is 390 g/mol. The van der Waals surface area contributed by atoms with Crippen LogP contribution in [0.3, 0.4) is 0 Å². The molecule has 0 radical (unpaired) electrons. The molecule has 0 aliphatic carbocycles. The maximum atomic E-state index is 11.1. The summed E-state index contributed by atoms with van der Waals surface area (Å²) in [5, 5.41) is 8.72. The zero-order valence-electron chi connectivity index (χ0n) is 17.3. The molecule has 0 aromatic carbocycles. The van der Waals surface area contributed by atoms with Crippen LogP contribution in [0, 0.1) is 0 Å². The molecule has 0 saturated heterocycles. The summed E-state index contributed by atoms with van der Waals surface area (Å²) >= 11 is 5.15. The van der Waals surface area contributed by atoms with Gasteiger partial charge in [-0.25, -0.2) is 0 Å². The summed E-state index contributed by atoms with van der Waals surface area (Å²) in [7, 11) is 0. The van der Waals surface area contributed by atoms with Gasteiger partial charge in [-0.2, -0.15) is 0 Å². The van der Waals surface area contributed by atoms with Crippen LogP contribution in [-0.4, -0.2) is 15.7 Å². The fourth-order valence-corrected chi connectivity index (χ4v) is 3.53. The van der Waals surface area contributed by atoms with E-state index in [0.717, 1.165) is 12.8 Å². The van der Waals surface area contributed by atoms with Gasteiger partial charge in [-0.15, -0.1) is 4.58 Å². The number of hydrogen-bond acceptors (Lipinski definition) is 2. The lowest BCUT2D eigenvalue weighted by Gasteiger charge is -2.05. The largest absolute Gasteiger partial charge is 0.271 e. The molecule has 0 aromatic heterocycles. The molecule has 0 rings (SSSR count). The van der Waals surface area contributed by atoms with Gasteiger partial charge in [-0.1, -0.05) is 122 Å². The summed E-state index contributed by atoms with van der Waals surface area (Å²) in [5.41, 5.74) is 0. The number of amides is 1. The molecule has 0 aliphatic heterocycles. The average Bonchev–Trinajstić information content (AvgIpc) is 2.63. The van der Waals surface area contributed by atoms with Gasteiger partial charge in [-0.05, 0) is 6.42 Å². The lowest BCUT2D eigenvalue weighted by Crippen LogP contribution is -2.16. The van der Waals surface area contributed by atoms with Crippen molar-refractivity contribution in [2.24, 2.45) is 0 Å². The number of carbonyl (C=O) groups excluding carboxylic acids is 1. The smallest absolute Gasteiger partial charge is 0.261 e. The van der Waals surface area contributed by atoms with Crippen molar-refractivity contribution in [3.63, 3.8) is 0 Å². The zero-order chi connectivity index (χ0) is 19.3. The molecule has 0 saturated carbocycles. The number of nitrogens with zero attached hydrogens (tertiary/aromatic N) is 1. The third-order valence-electron chi connectivity index (χ3n) is 5.20. The van der Waals surface area contributed by atoms with Crippen LogP contribution in [-0.2, 0) is 4.79 Å². The van der Waals surface area contributed by atoms with Crippen LogP contribution in [0.15, 0.2) is 0 Å². The maximum Gasteiger partial charge on any atom is 0.261 e. The fourth-order valence-electron chi connectivity index (χ4n) is 3.45. The fraction of sp³-hybridized carbons (Fsp3) is 0.955. The van der Waals surface area contributed by atoms with Crippen LogP contribution in [0.1, 0.15) is 135 Å². The molecule has 0 aliphatic rings. The molecular formula is C22H44ClNO2. The first kappa shape index (κ1) is 25.7. The summed E-state index contributed by atoms with van der Waals surface area (Å²) in [6.45, 7) is 2.28. The number of hydrogen-bond donors (Lipinski definition) is 1. The second kappa shape index (κ2) is 21.0. The topological polar surface area (TPSA) is 40.5 Å². The van der Waals surface area contributed by atoms with Gasteiger partial charge in [0, 0.05) is 18.2 Å². The van der Waals surface area contributed by atoms with Gasteiger partial charge in [0.2, 0.25) is 0 Å². The summed E-state index contributed by atoms with van der Waals surface area (Å²) in [6.07, 6.45) is 25.8. The Kier molecular flexibility index (Phi) is 20.8. The molecule has 4 heteroatoms. The second-order valence-electron chi connectivity index (χ2n) is 7.77. The monoisotopic (exact) mass is 389 g/mol. The van der Waals surface area contributed by atoms with Crippen molar-refractivity contribution in [1.29, 1.82) is 0 Å². The van der Waals surface area contributed by atoms with Crippen molar-refractivity contribution in [1.82, 2.24) is 4.58 Å². The third kappa shape index (κ3) is 20.0. The van der Waals surface area contributed by atoms with Gasteiger partial charge in [0.25, 0.3) is 5.91 Å². The van der Waals surface area contributed by atoms with E-state index >= 15 is 0 Å². The summed E-state index contributed by atoms with van der Waals surface area (Å²) in [5.74, 6) is -0.404. The summed E-state index contributed by atoms with van der Waals surface area (Å²) in [6, 6.07) is 0. The lowest BCUT2D eigenvalue weighted by atomic mass is 10.0. The van der Waals surface area contributed by atoms with Crippen LogP contribution in [0.4, 0.5) is 0 Å². The third-order valence-corrected chi connectivity index (χ3v) is 5.39. The normalized spacial score (nSPS) is 11.0. The minimum absolute atomic E-state index is 0.175.